The highest BCUT2D eigenvalue weighted by Gasteiger charge is 2.22. The number of rotatable bonds is 8. The highest BCUT2D eigenvalue weighted by atomic mass is 14.3. The van der Waals surface area contributed by atoms with Gasteiger partial charge < -0.3 is 0 Å². The predicted molar refractivity (Wildman–Crippen MR) is 140 cm³/mol. The van der Waals surface area contributed by atoms with E-state index in [2.05, 4.69) is 80.3 Å². The Morgan fingerprint density at radius 2 is 1.19 bits per heavy atom. The van der Waals surface area contributed by atoms with E-state index < -0.39 is 0 Å². The topological polar surface area (TPSA) is 0 Å². The molecule has 0 atom stereocenters. The summed E-state index contributed by atoms with van der Waals surface area (Å²) in [6.07, 6.45) is 21.8. The molecule has 0 aliphatic heterocycles. The average molecular weight is 427 g/mol. The minimum Gasteiger partial charge on any atom is -0.103 e. The summed E-state index contributed by atoms with van der Waals surface area (Å²) in [5.41, 5.74) is 5.69. The molecule has 2 aliphatic carbocycles. The Kier molecular flexibility index (Phi) is 8.43. The molecule has 0 bridgehead atoms. The molecule has 0 aromatic heterocycles. The van der Waals surface area contributed by atoms with Gasteiger partial charge in [-0.3, -0.25) is 0 Å². The fraction of sp³-hybridized carbons (Fsp3) is 0.500. The van der Waals surface area contributed by atoms with E-state index >= 15 is 0 Å². The van der Waals surface area contributed by atoms with Gasteiger partial charge in [-0.2, -0.15) is 0 Å². The van der Waals surface area contributed by atoms with Gasteiger partial charge in [0.15, 0.2) is 0 Å². The van der Waals surface area contributed by atoms with Crippen LogP contribution in [0.3, 0.4) is 0 Å². The molecule has 0 saturated heterocycles. The molecule has 4 rings (SSSR count). The Morgan fingerprint density at radius 3 is 1.72 bits per heavy atom. The molecule has 0 N–H and O–H groups in total. The Bertz CT molecular complexity index is 838. The number of hydrogen-bond donors (Lipinski definition) is 0. The molecule has 0 unspecified atom stereocenters. The Balaban J connectivity index is 1.26. The van der Waals surface area contributed by atoms with Gasteiger partial charge in [-0.05, 0) is 110 Å². The van der Waals surface area contributed by atoms with Crippen molar-refractivity contribution in [3.8, 4) is 11.1 Å². The third kappa shape index (κ3) is 6.25. The number of benzene rings is 2. The van der Waals surface area contributed by atoms with Crippen LogP contribution in [0.5, 0.6) is 0 Å². The van der Waals surface area contributed by atoms with Crippen LogP contribution >= 0.6 is 0 Å². The van der Waals surface area contributed by atoms with Crippen LogP contribution in [0.25, 0.3) is 11.1 Å². The summed E-state index contributed by atoms with van der Waals surface area (Å²) in [6, 6.07) is 18.6. The average Bonchev–Trinajstić information content (AvgIpc) is 2.87. The first-order chi connectivity index (χ1) is 15.7. The SMILES string of the molecule is C=CC1CCC(C=CC2CCC(c3ccc(-c4ccc(CCCC)cc4)cc3)CC2)CC1. The normalized spacial score (nSPS) is 26.3. The zero-order valence-electron chi connectivity index (χ0n) is 20.1. The lowest BCUT2D eigenvalue weighted by molar-refractivity contribution is 0.349. The zero-order chi connectivity index (χ0) is 22.2. The summed E-state index contributed by atoms with van der Waals surface area (Å²) in [5, 5.41) is 0. The Hall–Kier alpha value is -2.08. The van der Waals surface area contributed by atoms with Crippen LogP contribution in [0, 0.1) is 17.8 Å². The van der Waals surface area contributed by atoms with Crippen LogP contribution in [-0.4, -0.2) is 0 Å². The second-order valence-corrected chi connectivity index (χ2v) is 10.3. The van der Waals surface area contributed by atoms with E-state index in [0.717, 1.165) is 23.7 Å². The van der Waals surface area contributed by atoms with Crippen LogP contribution in [0.1, 0.15) is 88.2 Å². The molecule has 2 aliphatic rings. The van der Waals surface area contributed by atoms with E-state index in [1.807, 2.05) is 0 Å². The summed E-state index contributed by atoms with van der Waals surface area (Å²) >= 11 is 0. The lowest BCUT2D eigenvalue weighted by Crippen LogP contribution is -2.13. The first-order valence-corrected chi connectivity index (χ1v) is 13.2. The minimum absolute atomic E-state index is 0.744. The monoisotopic (exact) mass is 426 g/mol. The number of allylic oxidation sites excluding steroid dienone is 3. The summed E-state index contributed by atoms with van der Waals surface area (Å²) in [4.78, 5) is 0. The molecule has 0 heteroatoms. The van der Waals surface area contributed by atoms with Gasteiger partial charge in [-0.1, -0.05) is 80.1 Å². The summed E-state index contributed by atoms with van der Waals surface area (Å²) in [5.74, 6) is 3.13. The smallest absolute Gasteiger partial charge is 0.0162 e. The summed E-state index contributed by atoms with van der Waals surface area (Å²) in [7, 11) is 0. The number of aryl methyl sites for hydroxylation is 1. The highest BCUT2D eigenvalue weighted by Crippen LogP contribution is 2.38. The van der Waals surface area contributed by atoms with Gasteiger partial charge in [0.1, 0.15) is 0 Å². The quantitative estimate of drug-likeness (QED) is 0.369. The van der Waals surface area contributed by atoms with E-state index in [1.54, 1.807) is 5.56 Å². The van der Waals surface area contributed by atoms with Crippen LogP contribution < -0.4 is 0 Å². The predicted octanol–water partition coefficient (Wildman–Crippen LogP) is 9.52. The van der Waals surface area contributed by atoms with Crippen molar-refractivity contribution in [3.05, 3.63) is 84.5 Å². The molecule has 0 nitrogen and oxygen atoms in total. The van der Waals surface area contributed by atoms with E-state index in [0.29, 0.717) is 0 Å². The van der Waals surface area contributed by atoms with Gasteiger partial charge in [0.2, 0.25) is 0 Å². The van der Waals surface area contributed by atoms with Crippen LogP contribution in [0.4, 0.5) is 0 Å². The zero-order valence-corrected chi connectivity index (χ0v) is 20.1. The summed E-state index contributed by atoms with van der Waals surface area (Å²) < 4.78 is 0. The van der Waals surface area contributed by atoms with Gasteiger partial charge in [-0.25, -0.2) is 0 Å². The van der Waals surface area contributed by atoms with E-state index in [-0.39, 0.29) is 0 Å². The maximum atomic E-state index is 3.97. The van der Waals surface area contributed by atoms with Crippen molar-refractivity contribution in [1.29, 1.82) is 0 Å². The molecule has 2 saturated carbocycles. The molecule has 0 spiro atoms. The van der Waals surface area contributed by atoms with E-state index in [4.69, 9.17) is 0 Å². The third-order valence-corrected chi connectivity index (χ3v) is 8.07. The molecule has 2 aromatic carbocycles. The number of unbranched alkanes of at least 4 members (excludes halogenated alkanes) is 1. The van der Waals surface area contributed by atoms with Crippen LogP contribution in [0.2, 0.25) is 0 Å². The van der Waals surface area contributed by atoms with Gasteiger partial charge >= 0.3 is 0 Å². The van der Waals surface area contributed by atoms with Crippen molar-refractivity contribution in [2.75, 3.05) is 0 Å². The van der Waals surface area contributed by atoms with Crippen molar-refractivity contribution in [2.45, 2.75) is 83.5 Å². The molecule has 2 fully saturated rings. The fourth-order valence-corrected chi connectivity index (χ4v) is 5.72. The lowest BCUT2D eigenvalue weighted by atomic mass is 9.77. The molecular weight excluding hydrogens is 384 g/mol. The second-order valence-electron chi connectivity index (χ2n) is 10.3. The van der Waals surface area contributed by atoms with Crippen molar-refractivity contribution in [3.63, 3.8) is 0 Å². The molecule has 0 radical (unpaired) electrons. The van der Waals surface area contributed by atoms with Crippen molar-refractivity contribution < 1.29 is 0 Å². The second kappa shape index (κ2) is 11.7. The Labute approximate surface area is 196 Å². The maximum Gasteiger partial charge on any atom is -0.0162 e. The third-order valence-electron chi connectivity index (χ3n) is 8.07. The fourth-order valence-electron chi connectivity index (χ4n) is 5.72. The van der Waals surface area contributed by atoms with Crippen molar-refractivity contribution in [2.24, 2.45) is 17.8 Å². The van der Waals surface area contributed by atoms with Crippen molar-refractivity contribution >= 4 is 0 Å². The molecule has 0 amide bonds. The van der Waals surface area contributed by atoms with E-state index in [9.17, 15) is 0 Å². The van der Waals surface area contributed by atoms with Crippen LogP contribution in [-0.2, 0) is 6.42 Å². The van der Waals surface area contributed by atoms with Gasteiger partial charge in [0.05, 0.1) is 0 Å². The van der Waals surface area contributed by atoms with Gasteiger partial charge in [-0.15, -0.1) is 6.58 Å². The van der Waals surface area contributed by atoms with Crippen molar-refractivity contribution in [1.82, 2.24) is 0 Å². The standard InChI is InChI=1S/C32H42/c1-3-5-6-26-13-17-29(18-14-26)31-21-23-32(24-22-31)30-19-15-28(16-20-30)12-11-27-9-7-25(4-2)8-10-27/h4,11-14,17-18,21-25,27-28,30H,2-3,5-10,15-16,19-20H2,1H3. The maximum absolute atomic E-state index is 3.97. The molecule has 2 aromatic rings. The van der Waals surface area contributed by atoms with E-state index in [1.165, 1.54) is 87.3 Å². The first-order valence-electron chi connectivity index (χ1n) is 13.2. The molecular formula is C32H42. The molecule has 170 valence electrons. The molecule has 32 heavy (non-hydrogen) atoms. The highest BCUT2D eigenvalue weighted by molar-refractivity contribution is 5.64. The first kappa shape index (κ1) is 23.1. The Morgan fingerprint density at radius 1 is 0.688 bits per heavy atom. The number of hydrogen-bond acceptors (Lipinski definition) is 0. The summed E-state index contributed by atoms with van der Waals surface area (Å²) in [6.45, 7) is 6.23. The lowest BCUT2D eigenvalue weighted by Gasteiger charge is -2.28. The molecule has 0 heterocycles. The van der Waals surface area contributed by atoms with Gasteiger partial charge in [0.25, 0.3) is 0 Å². The largest absolute Gasteiger partial charge is 0.103 e. The van der Waals surface area contributed by atoms with Crippen LogP contribution in [0.15, 0.2) is 73.3 Å². The van der Waals surface area contributed by atoms with Gasteiger partial charge in [0, 0.05) is 0 Å². The minimum atomic E-state index is 0.744.